The second-order valence-corrected chi connectivity index (χ2v) is 8.33. The first kappa shape index (κ1) is 24.1. The van der Waals surface area contributed by atoms with E-state index >= 15 is 0 Å². The Kier molecular flexibility index (Phi) is 7.12. The molecule has 0 spiro atoms. The average Bonchev–Trinajstić information content (AvgIpc) is 3.42. The maximum absolute atomic E-state index is 12.7. The number of nitrogens with zero attached hydrogens (tertiary/aromatic N) is 4. The molecule has 5 aromatic rings. The summed E-state index contributed by atoms with van der Waals surface area (Å²) >= 11 is 0. The molecule has 3 aromatic carbocycles. The molecular formula is C28H28N6O3. The highest BCUT2D eigenvalue weighted by atomic mass is 16.5. The molecule has 1 amide bonds. The Morgan fingerprint density at radius 2 is 1.73 bits per heavy atom. The van der Waals surface area contributed by atoms with Gasteiger partial charge >= 0.3 is 0 Å². The molecule has 0 radical (unpaired) electrons. The van der Waals surface area contributed by atoms with Crippen LogP contribution >= 0.6 is 0 Å². The van der Waals surface area contributed by atoms with E-state index in [-0.39, 0.29) is 5.91 Å². The second-order valence-electron chi connectivity index (χ2n) is 8.33. The molecule has 0 saturated carbocycles. The fourth-order valence-corrected chi connectivity index (χ4v) is 4.10. The van der Waals surface area contributed by atoms with Gasteiger partial charge < -0.3 is 20.1 Å². The van der Waals surface area contributed by atoms with Crippen molar-refractivity contribution in [1.29, 1.82) is 0 Å². The van der Waals surface area contributed by atoms with Crippen molar-refractivity contribution >= 4 is 34.1 Å². The molecule has 0 aliphatic rings. The van der Waals surface area contributed by atoms with Crippen molar-refractivity contribution in [3.63, 3.8) is 0 Å². The lowest BCUT2D eigenvalue weighted by atomic mass is 10.1. The molecule has 2 aromatic heterocycles. The van der Waals surface area contributed by atoms with E-state index < -0.39 is 0 Å². The van der Waals surface area contributed by atoms with Gasteiger partial charge in [0.25, 0.3) is 5.91 Å². The van der Waals surface area contributed by atoms with Crippen LogP contribution in [-0.2, 0) is 6.42 Å². The number of hydrogen-bond donors (Lipinski definition) is 2. The van der Waals surface area contributed by atoms with E-state index in [9.17, 15) is 4.79 Å². The van der Waals surface area contributed by atoms with Crippen LogP contribution in [0, 0.1) is 0 Å². The van der Waals surface area contributed by atoms with Crippen LogP contribution in [-0.4, -0.2) is 45.2 Å². The van der Waals surface area contributed by atoms with E-state index in [2.05, 4.69) is 20.8 Å². The molecule has 188 valence electrons. The largest absolute Gasteiger partial charge is 0.490 e. The molecule has 9 heteroatoms. The molecule has 0 unspecified atom stereocenters. The molecule has 0 aliphatic heterocycles. The van der Waals surface area contributed by atoms with Gasteiger partial charge in [-0.05, 0) is 74.4 Å². The predicted octanol–water partition coefficient (Wildman–Crippen LogP) is 4.79. The van der Waals surface area contributed by atoms with Gasteiger partial charge in [-0.2, -0.15) is 0 Å². The normalized spacial score (nSPS) is 11.0. The first-order chi connectivity index (χ1) is 18.2. The number of aromatic nitrogens is 4. The van der Waals surface area contributed by atoms with Gasteiger partial charge in [-0.1, -0.05) is 18.2 Å². The van der Waals surface area contributed by atoms with Crippen LogP contribution in [0.1, 0.15) is 29.8 Å². The summed E-state index contributed by atoms with van der Waals surface area (Å²) in [7, 11) is 0. The van der Waals surface area contributed by atoms with E-state index in [0.717, 1.165) is 33.8 Å². The van der Waals surface area contributed by atoms with Crippen LogP contribution in [0.25, 0.3) is 16.7 Å². The first-order valence-electron chi connectivity index (χ1n) is 12.3. The second kappa shape index (κ2) is 10.9. The van der Waals surface area contributed by atoms with Crippen molar-refractivity contribution in [2.24, 2.45) is 0 Å². The van der Waals surface area contributed by atoms with Crippen molar-refractivity contribution in [3.8, 4) is 11.5 Å². The number of amides is 1. The SMILES string of the molecule is CCOc1ccc(CCNC(=O)c2ccc(Nc3nc4ccccc4n4cnnc34)cc2)cc1OCC. The van der Waals surface area contributed by atoms with E-state index in [4.69, 9.17) is 14.5 Å². The standard InChI is InChI=1S/C28H28N6O3/c1-3-36-24-14-9-19(17-25(24)37-4-2)15-16-29-28(35)20-10-12-21(13-11-20)31-26-27-33-30-18-34(27)23-8-6-5-7-22(23)32-26/h5-14,17-18H,3-4,15-16H2,1-2H3,(H,29,35)(H,31,32). The van der Waals surface area contributed by atoms with E-state index in [1.54, 1.807) is 18.5 Å². The lowest BCUT2D eigenvalue weighted by Gasteiger charge is -2.13. The van der Waals surface area contributed by atoms with E-state index in [1.165, 1.54) is 0 Å². The predicted molar refractivity (Wildman–Crippen MR) is 143 cm³/mol. The van der Waals surface area contributed by atoms with Crippen LogP contribution < -0.4 is 20.1 Å². The number of carbonyl (C=O) groups is 1. The fraction of sp³-hybridized carbons (Fsp3) is 0.214. The molecule has 37 heavy (non-hydrogen) atoms. The van der Waals surface area contributed by atoms with Gasteiger partial charge in [-0.25, -0.2) is 4.98 Å². The molecule has 0 saturated heterocycles. The number of hydrogen-bond acceptors (Lipinski definition) is 7. The maximum Gasteiger partial charge on any atom is 0.251 e. The van der Waals surface area contributed by atoms with E-state index in [0.29, 0.717) is 43.2 Å². The molecule has 0 atom stereocenters. The van der Waals surface area contributed by atoms with Crippen LogP contribution in [0.5, 0.6) is 11.5 Å². The third-order valence-electron chi connectivity index (χ3n) is 5.85. The number of rotatable bonds is 10. The average molecular weight is 497 g/mol. The molecule has 2 heterocycles. The Bertz CT molecular complexity index is 1530. The minimum absolute atomic E-state index is 0.133. The zero-order valence-electron chi connectivity index (χ0n) is 20.8. The van der Waals surface area contributed by atoms with Crippen LogP contribution in [0.3, 0.4) is 0 Å². The molecule has 0 aliphatic carbocycles. The summed E-state index contributed by atoms with van der Waals surface area (Å²) in [6.45, 7) is 5.53. The Morgan fingerprint density at radius 1 is 0.946 bits per heavy atom. The van der Waals surface area contributed by atoms with Crippen LogP contribution in [0.15, 0.2) is 73.1 Å². The molecule has 5 rings (SSSR count). The van der Waals surface area contributed by atoms with Gasteiger partial charge in [0.1, 0.15) is 6.33 Å². The zero-order valence-corrected chi connectivity index (χ0v) is 20.8. The lowest BCUT2D eigenvalue weighted by molar-refractivity contribution is 0.0954. The number of ether oxygens (including phenoxy) is 2. The van der Waals surface area contributed by atoms with Crippen molar-refractivity contribution in [3.05, 3.63) is 84.2 Å². The number of anilines is 2. The van der Waals surface area contributed by atoms with Gasteiger partial charge in [0, 0.05) is 17.8 Å². The van der Waals surface area contributed by atoms with Crippen molar-refractivity contribution in [1.82, 2.24) is 24.9 Å². The summed E-state index contributed by atoms with van der Waals surface area (Å²) in [5, 5.41) is 14.5. The van der Waals surface area contributed by atoms with Gasteiger partial charge in [-0.15, -0.1) is 10.2 Å². The third kappa shape index (κ3) is 5.30. The number of carbonyl (C=O) groups excluding carboxylic acids is 1. The van der Waals surface area contributed by atoms with Gasteiger partial charge in [0.05, 0.1) is 24.2 Å². The topological polar surface area (TPSA) is 103 Å². The van der Waals surface area contributed by atoms with Gasteiger partial charge in [0.15, 0.2) is 17.3 Å². The van der Waals surface area contributed by atoms with Crippen molar-refractivity contribution < 1.29 is 14.3 Å². The summed E-state index contributed by atoms with van der Waals surface area (Å²) in [5.74, 6) is 1.91. The Hall–Kier alpha value is -4.66. The zero-order chi connectivity index (χ0) is 25.6. The minimum atomic E-state index is -0.133. The summed E-state index contributed by atoms with van der Waals surface area (Å²) in [5.41, 5.74) is 4.82. The molecule has 9 nitrogen and oxygen atoms in total. The lowest BCUT2D eigenvalue weighted by Crippen LogP contribution is -2.25. The smallest absolute Gasteiger partial charge is 0.251 e. The highest BCUT2D eigenvalue weighted by molar-refractivity contribution is 5.94. The maximum atomic E-state index is 12.7. The highest BCUT2D eigenvalue weighted by Gasteiger charge is 2.12. The Labute approximate surface area is 214 Å². The quantitative estimate of drug-likeness (QED) is 0.287. The third-order valence-corrected chi connectivity index (χ3v) is 5.85. The summed E-state index contributed by atoms with van der Waals surface area (Å²) in [6.07, 6.45) is 2.35. The monoisotopic (exact) mass is 496 g/mol. The van der Waals surface area contributed by atoms with Gasteiger partial charge in [-0.3, -0.25) is 9.20 Å². The Balaban J connectivity index is 1.22. The number of benzene rings is 3. The number of nitrogens with one attached hydrogen (secondary N) is 2. The van der Waals surface area contributed by atoms with Gasteiger partial charge in [0.2, 0.25) is 5.65 Å². The minimum Gasteiger partial charge on any atom is -0.490 e. The summed E-state index contributed by atoms with van der Waals surface area (Å²) < 4.78 is 13.2. The molecule has 0 bridgehead atoms. The fourth-order valence-electron chi connectivity index (χ4n) is 4.10. The summed E-state index contributed by atoms with van der Waals surface area (Å²) in [4.78, 5) is 17.4. The summed E-state index contributed by atoms with van der Waals surface area (Å²) in [6, 6.07) is 20.9. The number of para-hydroxylation sites is 2. The first-order valence-corrected chi connectivity index (χ1v) is 12.3. The highest BCUT2D eigenvalue weighted by Crippen LogP contribution is 2.28. The van der Waals surface area contributed by atoms with E-state index in [1.807, 2.05) is 72.8 Å². The number of fused-ring (bicyclic) bond motifs is 3. The molecule has 0 fully saturated rings. The molecular weight excluding hydrogens is 468 g/mol. The molecule has 2 N–H and O–H groups in total. The Morgan fingerprint density at radius 3 is 2.54 bits per heavy atom. The van der Waals surface area contributed by atoms with Crippen molar-refractivity contribution in [2.75, 3.05) is 25.1 Å². The van der Waals surface area contributed by atoms with Crippen LogP contribution in [0.2, 0.25) is 0 Å². The van der Waals surface area contributed by atoms with Crippen LogP contribution in [0.4, 0.5) is 11.5 Å². The van der Waals surface area contributed by atoms with Crippen molar-refractivity contribution in [2.45, 2.75) is 20.3 Å².